The molecule has 6 nitrogen and oxygen atoms in total. The summed E-state index contributed by atoms with van der Waals surface area (Å²) in [6, 6.07) is 17.5. The summed E-state index contributed by atoms with van der Waals surface area (Å²) in [5, 5.41) is 3.05. The Morgan fingerprint density at radius 1 is 1.00 bits per heavy atom. The maximum atomic E-state index is 12.5. The predicted molar refractivity (Wildman–Crippen MR) is 116 cm³/mol. The molecule has 0 aliphatic heterocycles. The van der Waals surface area contributed by atoms with Crippen LogP contribution >= 0.6 is 0 Å². The number of carbonyl (C=O) groups is 1. The Labute approximate surface area is 177 Å². The van der Waals surface area contributed by atoms with Crippen LogP contribution in [0.25, 0.3) is 5.69 Å². The van der Waals surface area contributed by atoms with Gasteiger partial charge in [0.05, 0.1) is 26.2 Å². The summed E-state index contributed by atoms with van der Waals surface area (Å²) in [5.41, 5.74) is 2.98. The summed E-state index contributed by atoms with van der Waals surface area (Å²) in [6.45, 7) is 2.90. The normalized spacial score (nSPS) is 11.7. The van der Waals surface area contributed by atoms with Gasteiger partial charge in [-0.3, -0.25) is 4.79 Å². The molecule has 2 aromatic carbocycles. The van der Waals surface area contributed by atoms with E-state index in [1.54, 1.807) is 14.2 Å². The van der Waals surface area contributed by atoms with Crippen molar-refractivity contribution < 1.29 is 19.0 Å². The Kier molecular flexibility index (Phi) is 7.51. The van der Waals surface area contributed by atoms with Crippen molar-refractivity contribution in [1.82, 2.24) is 9.88 Å². The fourth-order valence-corrected chi connectivity index (χ4v) is 3.16. The van der Waals surface area contributed by atoms with Crippen LogP contribution < -0.4 is 14.8 Å². The first-order valence-corrected chi connectivity index (χ1v) is 9.92. The Morgan fingerprint density at radius 2 is 1.73 bits per heavy atom. The molecule has 1 heterocycles. The molecule has 158 valence electrons. The van der Waals surface area contributed by atoms with Crippen molar-refractivity contribution in [2.45, 2.75) is 19.4 Å². The van der Waals surface area contributed by atoms with Crippen molar-refractivity contribution >= 4 is 5.91 Å². The van der Waals surface area contributed by atoms with Gasteiger partial charge in [-0.25, -0.2) is 0 Å². The van der Waals surface area contributed by atoms with E-state index in [0.29, 0.717) is 31.1 Å². The van der Waals surface area contributed by atoms with Gasteiger partial charge in [0.15, 0.2) is 11.5 Å². The van der Waals surface area contributed by atoms with Crippen LogP contribution in [0.3, 0.4) is 0 Å². The third-order valence-corrected chi connectivity index (χ3v) is 4.81. The molecule has 0 bridgehead atoms. The van der Waals surface area contributed by atoms with E-state index < -0.39 is 0 Å². The highest BCUT2D eigenvalue weighted by Gasteiger charge is 2.13. The molecule has 1 N–H and O–H groups in total. The number of nitrogens with one attached hydrogen (secondary N) is 1. The van der Waals surface area contributed by atoms with Crippen LogP contribution in [-0.4, -0.2) is 37.9 Å². The standard InChI is InChI=1S/C24H28N2O4/c1-18(20-8-11-22(23(17-20)29-3)30-15-14-28-2)25-24(27)16-19-6-9-21(10-7-19)26-12-4-5-13-26/h4-13,17-18H,14-16H2,1-3H3,(H,25,27). The minimum absolute atomic E-state index is 0.0318. The lowest BCUT2D eigenvalue weighted by Crippen LogP contribution is -2.28. The highest BCUT2D eigenvalue weighted by Crippen LogP contribution is 2.30. The van der Waals surface area contributed by atoms with Gasteiger partial charge >= 0.3 is 0 Å². The fourth-order valence-electron chi connectivity index (χ4n) is 3.16. The van der Waals surface area contributed by atoms with Gasteiger partial charge in [0.25, 0.3) is 0 Å². The summed E-state index contributed by atoms with van der Waals surface area (Å²) >= 11 is 0. The molecule has 6 heteroatoms. The average molecular weight is 408 g/mol. The van der Waals surface area contributed by atoms with Crippen molar-refractivity contribution in [1.29, 1.82) is 0 Å². The quantitative estimate of drug-likeness (QED) is 0.517. The zero-order valence-corrected chi connectivity index (χ0v) is 17.6. The topological polar surface area (TPSA) is 61.7 Å². The maximum absolute atomic E-state index is 12.5. The van der Waals surface area contributed by atoms with Crippen LogP contribution in [0.2, 0.25) is 0 Å². The molecule has 0 spiro atoms. The van der Waals surface area contributed by atoms with Crippen molar-refractivity contribution in [3.63, 3.8) is 0 Å². The molecule has 30 heavy (non-hydrogen) atoms. The van der Waals surface area contributed by atoms with Crippen molar-refractivity contribution in [2.75, 3.05) is 27.4 Å². The van der Waals surface area contributed by atoms with Gasteiger partial charge < -0.3 is 24.1 Å². The molecule has 0 fully saturated rings. The van der Waals surface area contributed by atoms with Crippen molar-refractivity contribution in [3.8, 4) is 17.2 Å². The molecule has 0 aliphatic rings. The second-order valence-electron chi connectivity index (χ2n) is 6.97. The van der Waals surface area contributed by atoms with E-state index in [4.69, 9.17) is 14.2 Å². The van der Waals surface area contributed by atoms with Gasteiger partial charge in [0.2, 0.25) is 5.91 Å². The van der Waals surface area contributed by atoms with E-state index >= 15 is 0 Å². The third kappa shape index (κ3) is 5.64. The van der Waals surface area contributed by atoms with E-state index in [1.165, 1.54) is 0 Å². The van der Waals surface area contributed by atoms with Crippen LogP contribution in [0.1, 0.15) is 24.1 Å². The zero-order chi connectivity index (χ0) is 21.3. The smallest absolute Gasteiger partial charge is 0.224 e. The van der Waals surface area contributed by atoms with E-state index in [2.05, 4.69) is 5.32 Å². The first-order valence-electron chi connectivity index (χ1n) is 9.92. The molecule has 1 amide bonds. The molecule has 0 saturated carbocycles. The van der Waals surface area contributed by atoms with Crippen LogP contribution in [-0.2, 0) is 16.0 Å². The summed E-state index contributed by atoms with van der Waals surface area (Å²) in [5.74, 6) is 1.25. The molecule has 1 unspecified atom stereocenters. The van der Waals surface area contributed by atoms with Gasteiger partial charge in [-0.2, -0.15) is 0 Å². The SMILES string of the molecule is COCCOc1ccc(C(C)NC(=O)Cc2ccc(-n3cccc3)cc2)cc1OC. The van der Waals surface area contributed by atoms with Crippen molar-refractivity contribution in [3.05, 3.63) is 78.1 Å². The monoisotopic (exact) mass is 408 g/mol. The number of rotatable bonds is 10. The molecule has 1 atom stereocenters. The number of amides is 1. The highest BCUT2D eigenvalue weighted by molar-refractivity contribution is 5.79. The number of carbonyl (C=O) groups excluding carboxylic acids is 1. The Balaban J connectivity index is 1.58. The summed E-state index contributed by atoms with van der Waals surface area (Å²) in [6.07, 6.45) is 4.31. The van der Waals surface area contributed by atoms with E-state index in [9.17, 15) is 4.79 Å². The molecule has 0 saturated heterocycles. The molecule has 3 rings (SSSR count). The Morgan fingerprint density at radius 3 is 2.40 bits per heavy atom. The van der Waals surface area contributed by atoms with Crippen LogP contribution in [0.15, 0.2) is 67.0 Å². The van der Waals surface area contributed by atoms with E-state index in [-0.39, 0.29) is 11.9 Å². The first kappa shape index (κ1) is 21.5. The Bertz CT molecular complexity index is 936. The van der Waals surface area contributed by atoms with E-state index in [1.807, 2.05) is 78.5 Å². The zero-order valence-electron chi connectivity index (χ0n) is 17.6. The van der Waals surface area contributed by atoms with Crippen LogP contribution in [0, 0.1) is 0 Å². The summed E-state index contributed by atoms with van der Waals surface area (Å²) in [4.78, 5) is 12.5. The first-order chi connectivity index (χ1) is 14.6. The summed E-state index contributed by atoms with van der Waals surface area (Å²) < 4.78 is 18.1. The molecule has 1 aromatic heterocycles. The minimum atomic E-state index is -0.154. The number of aromatic nitrogens is 1. The van der Waals surface area contributed by atoms with E-state index in [0.717, 1.165) is 16.8 Å². The second kappa shape index (κ2) is 10.5. The number of ether oxygens (including phenoxy) is 3. The fraction of sp³-hybridized carbons (Fsp3) is 0.292. The lowest BCUT2D eigenvalue weighted by atomic mass is 10.1. The number of hydrogen-bond acceptors (Lipinski definition) is 4. The summed E-state index contributed by atoms with van der Waals surface area (Å²) in [7, 11) is 3.23. The average Bonchev–Trinajstić information content (AvgIpc) is 3.29. The number of methoxy groups -OCH3 is 2. The largest absolute Gasteiger partial charge is 0.493 e. The predicted octanol–water partition coefficient (Wildman–Crippen LogP) is 3.93. The van der Waals surface area contributed by atoms with Gasteiger partial charge in [-0.1, -0.05) is 18.2 Å². The van der Waals surface area contributed by atoms with Gasteiger partial charge in [-0.05, 0) is 54.4 Å². The number of nitrogens with zero attached hydrogens (tertiary/aromatic N) is 1. The number of benzene rings is 2. The van der Waals surface area contributed by atoms with Gasteiger partial charge in [-0.15, -0.1) is 0 Å². The second-order valence-corrected chi connectivity index (χ2v) is 6.97. The molecule has 0 aliphatic carbocycles. The molecule has 3 aromatic rings. The van der Waals surface area contributed by atoms with Crippen LogP contribution in [0.4, 0.5) is 0 Å². The van der Waals surface area contributed by atoms with Gasteiger partial charge in [0.1, 0.15) is 6.61 Å². The van der Waals surface area contributed by atoms with Crippen LogP contribution in [0.5, 0.6) is 11.5 Å². The van der Waals surface area contributed by atoms with Crippen molar-refractivity contribution in [2.24, 2.45) is 0 Å². The maximum Gasteiger partial charge on any atom is 0.224 e. The lowest BCUT2D eigenvalue weighted by Gasteiger charge is -2.17. The van der Waals surface area contributed by atoms with Gasteiger partial charge in [0, 0.05) is 25.2 Å². The lowest BCUT2D eigenvalue weighted by molar-refractivity contribution is -0.121. The minimum Gasteiger partial charge on any atom is -0.493 e. The number of hydrogen-bond donors (Lipinski definition) is 1. The highest BCUT2D eigenvalue weighted by atomic mass is 16.5. The molecular weight excluding hydrogens is 380 g/mol. The molecule has 0 radical (unpaired) electrons. The Hall–Kier alpha value is -3.25. The third-order valence-electron chi connectivity index (χ3n) is 4.81. The molecular formula is C24H28N2O4.